The fourth-order valence-electron chi connectivity index (χ4n) is 3.20. The molecule has 1 heterocycles. The van der Waals surface area contributed by atoms with Gasteiger partial charge in [0.2, 0.25) is 0 Å². The Hall–Kier alpha value is -1.02. The second-order valence-corrected chi connectivity index (χ2v) is 6.35. The molecule has 0 spiro atoms. The van der Waals surface area contributed by atoms with Gasteiger partial charge in [-0.15, -0.1) is 0 Å². The summed E-state index contributed by atoms with van der Waals surface area (Å²) in [4.78, 5) is 2.66. The lowest BCUT2D eigenvalue weighted by atomic mass is 9.96. The molecule has 1 aromatic rings. The molecule has 1 aliphatic heterocycles. The van der Waals surface area contributed by atoms with E-state index in [1.54, 1.807) is 0 Å². The third-order valence-corrected chi connectivity index (χ3v) is 4.55. The smallest absolute Gasteiger partial charge is 0.0412 e. The third kappa shape index (κ3) is 3.35. The molecule has 2 rings (SSSR count). The third-order valence-electron chi connectivity index (χ3n) is 4.55. The molecule has 0 bridgehead atoms. The van der Waals surface area contributed by atoms with Crippen molar-refractivity contribution in [2.45, 2.75) is 59.0 Å². The van der Waals surface area contributed by atoms with Crippen molar-refractivity contribution < 1.29 is 0 Å². The highest BCUT2D eigenvalue weighted by molar-refractivity contribution is 5.55. The number of para-hydroxylation sites is 1. The van der Waals surface area contributed by atoms with Crippen LogP contribution in [0.15, 0.2) is 24.3 Å². The zero-order valence-electron chi connectivity index (χ0n) is 13.5. The van der Waals surface area contributed by atoms with Crippen LogP contribution in [0.1, 0.15) is 46.1 Å². The van der Waals surface area contributed by atoms with E-state index in [4.69, 9.17) is 0 Å². The van der Waals surface area contributed by atoms with Crippen LogP contribution in [0.25, 0.3) is 0 Å². The van der Waals surface area contributed by atoms with E-state index in [2.05, 4.69) is 62.2 Å². The first kappa shape index (κ1) is 15.4. The summed E-state index contributed by atoms with van der Waals surface area (Å²) in [7, 11) is 0. The Bertz CT molecular complexity index is 414. The number of piperazine rings is 1. The molecule has 1 aromatic carbocycles. The highest BCUT2D eigenvalue weighted by Crippen LogP contribution is 2.27. The molecule has 0 amide bonds. The van der Waals surface area contributed by atoms with Gasteiger partial charge in [-0.25, -0.2) is 0 Å². The van der Waals surface area contributed by atoms with Crippen LogP contribution in [0.3, 0.4) is 0 Å². The molecule has 1 aliphatic rings. The minimum absolute atomic E-state index is 0.604. The van der Waals surface area contributed by atoms with E-state index >= 15 is 0 Å². The minimum Gasteiger partial charge on any atom is -0.365 e. The van der Waals surface area contributed by atoms with Gasteiger partial charge in [0.25, 0.3) is 0 Å². The summed E-state index contributed by atoms with van der Waals surface area (Å²) in [5.74, 6) is 0.689. The van der Waals surface area contributed by atoms with Crippen LogP contribution in [0.5, 0.6) is 0 Å². The number of nitrogens with one attached hydrogen (secondary N) is 1. The quantitative estimate of drug-likeness (QED) is 0.877. The molecule has 2 heteroatoms. The first-order chi connectivity index (χ1) is 9.67. The monoisotopic (exact) mass is 274 g/mol. The Kier molecular flexibility index (Phi) is 5.47. The highest BCUT2D eigenvalue weighted by Gasteiger charge is 2.29. The number of hydrogen-bond donors (Lipinski definition) is 1. The predicted molar refractivity (Wildman–Crippen MR) is 88.5 cm³/mol. The van der Waals surface area contributed by atoms with E-state index in [0.29, 0.717) is 18.0 Å². The molecular formula is C18H30N2. The van der Waals surface area contributed by atoms with E-state index < -0.39 is 0 Å². The first-order valence-electron chi connectivity index (χ1n) is 8.25. The molecular weight excluding hydrogens is 244 g/mol. The Labute approximate surface area is 124 Å². The van der Waals surface area contributed by atoms with Crippen molar-refractivity contribution in [3.05, 3.63) is 29.8 Å². The van der Waals surface area contributed by atoms with Crippen LogP contribution >= 0.6 is 0 Å². The molecule has 0 radical (unpaired) electrons. The van der Waals surface area contributed by atoms with Gasteiger partial charge in [0, 0.05) is 30.9 Å². The first-order valence-corrected chi connectivity index (χ1v) is 8.25. The van der Waals surface area contributed by atoms with Crippen LogP contribution in [0.2, 0.25) is 0 Å². The fraction of sp³-hybridized carbons (Fsp3) is 0.667. The van der Waals surface area contributed by atoms with Crippen LogP contribution in [0.4, 0.5) is 5.69 Å². The van der Waals surface area contributed by atoms with Gasteiger partial charge in [0.1, 0.15) is 0 Å². The van der Waals surface area contributed by atoms with Crippen molar-refractivity contribution in [2.24, 2.45) is 5.92 Å². The molecule has 20 heavy (non-hydrogen) atoms. The maximum Gasteiger partial charge on any atom is 0.0412 e. The zero-order chi connectivity index (χ0) is 14.5. The molecule has 0 aromatic heterocycles. The standard InChI is InChI=1S/C18H30N2/c1-5-9-15-10-7-8-11-18(15)20-13-17(14(3)4)19-12-16(20)6-2/h7-8,10-11,14,16-17,19H,5-6,9,12-13H2,1-4H3. The number of aryl methyl sites for hydroxylation is 1. The summed E-state index contributed by atoms with van der Waals surface area (Å²) in [5.41, 5.74) is 2.98. The zero-order valence-corrected chi connectivity index (χ0v) is 13.5. The van der Waals surface area contributed by atoms with Gasteiger partial charge >= 0.3 is 0 Å². The molecule has 1 fully saturated rings. The molecule has 1 saturated heterocycles. The second kappa shape index (κ2) is 7.12. The van der Waals surface area contributed by atoms with Gasteiger partial charge in [0.15, 0.2) is 0 Å². The Morgan fingerprint density at radius 3 is 2.65 bits per heavy atom. The van der Waals surface area contributed by atoms with E-state index in [1.165, 1.54) is 30.5 Å². The molecule has 0 aliphatic carbocycles. The highest BCUT2D eigenvalue weighted by atomic mass is 15.2. The lowest BCUT2D eigenvalue weighted by molar-refractivity contribution is 0.325. The van der Waals surface area contributed by atoms with Crippen molar-refractivity contribution in [3.63, 3.8) is 0 Å². The SMILES string of the molecule is CCCc1ccccc1N1CC(C(C)C)NCC1CC. The van der Waals surface area contributed by atoms with E-state index in [9.17, 15) is 0 Å². The summed E-state index contributed by atoms with van der Waals surface area (Å²) in [5, 5.41) is 3.73. The van der Waals surface area contributed by atoms with Gasteiger partial charge in [-0.3, -0.25) is 0 Å². The van der Waals surface area contributed by atoms with Crippen LogP contribution in [0, 0.1) is 5.92 Å². The normalized spacial score (nSPS) is 23.4. The van der Waals surface area contributed by atoms with E-state index in [0.717, 1.165) is 13.1 Å². The van der Waals surface area contributed by atoms with Gasteiger partial charge in [-0.1, -0.05) is 52.3 Å². The average molecular weight is 274 g/mol. The number of anilines is 1. The van der Waals surface area contributed by atoms with E-state index in [-0.39, 0.29) is 0 Å². The number of benzene rings is 1. The lowest BCUT2D eigenvalue weighted by Crippen LogP contribution is -2.58. The van der Waals surface area contributed by atoms with Crippen molar-refractivity contribution >= 4 is 5.69 Å². The van der Waals surface area contributed by atoms with Crippen LogP contribution in [-0.4, -0.2) is 25.2 Å². The van der Waals surface area contributed by atoms with E-state index in [1.807, 2.05) is 0 Å². The number of nitrogens with zero attached hydrogens (tertiary/aromatic N) is 1. The molecule has 1 N–H and O–H groups in total. The fourth-order valence-corrected chi connectivity index (χ4v) is 3.20. The summed E-state index contributed by atoms with van der Waals surface area (Å²) >= 11 is 0. The average Bonchev–Trinajstić information content (AvgIpc) is 2.47. The Morgan fingerprint density at radius 2 is 2.00 bits per heavy atom. The summed E-state index contributed by atoms with van der Waals surface area (Å²) < 4.78 is 0. The Balaban J connectivity index is 2.26. The van der Waals surface area contributed by atoms with Crippen molar-refractivity contribution in [3.8, 4) is 0 Å². The molecule has 2 nitrogen and oxygen atoms in total. The minimum atomic E-state index is 0.604. The topological polar surface area (TPSA) is 15.3 Å². The number of hydrogen-bond acceptors (Lipinski definition) is 2. The van der Waals surface area contributed by atoms with Crippen molar-refractivity contribution in [1.29, 1.82) is 0 Å². The molecule has 2 atom stereocenters. The lowest BCUT2D eigenvalue weighted by Gasteiger charge is -2.44. The second-order valence-electron chi connectivity index (χ2n) is 6.35. The van der Waals surface area contributed by atoms with Crippen LogP contribution < -0.4 is 10.2 Å². The number of rotatable bonds is 5. The van der Waals surface area contributed by atoms with Crippen LogP contribution in [-0.2, 0) is 6.42 Å². The Morgan fingerprint density at radius 1 is 1.25 bits per heavy atom. The summed E-state index contributed by atoms with van der Waals surface area (Å²) in [6.07, 6.45) is 3.61. The van der Waals surface area contributed by atoms with Gasteiger partial charge < -0.3 is 10.2 Å². The maximum absolute atomic E-state index is 3.73. The molecule has 2 unspecified atom stereocenters. The summed E-state index contributed by atoms with van der Waals surface area (Å²) in [6, 6.07) is 10.2. The largest absolute Gasteiger partial charge is 0.365 e. The van der Waals surface area contributed by atoms with Gasteiger partial charge in [-0.2, -0.15) is 0 Å². The predicted octanol–water partition coefficient (Wildman–Crippen LogP) is 3.85. The molecule has 112 valence electrons. The van der Waals surface area contributed by atoms with Gasteiger partial charge in [0.05, 0.1) is 0 Å². The molecule has 0 saturated carbocycles. The van der Waals surface area contributed by atoms with Crippen molar-refractivity contribution in [1.82, 2.24) is 5.32 Å². The van der Waals surface area contributed by atoms with Gasteiger partial charge in [-0.05, 0) is 30.4 Å². The maximum atomic E-state index is 3.73. The van der Waals surface area contributed by atoms with Crippen molar-refractivity contribution in [2.75, 3.05) is 18.0 Å². The summed E-state index contributed by atoms with van der Waals surface area (Å²) in [6.45, 7) is 11.5.